The molecule has 1 amide bonds. The van der Waals surface area contributed by atoms with E-state index in [1.54, 1.807) is 13.8 Å². The number of nitrogens with two attached hydrogens (primary N) is 1. The summed E-state index contributed by atoms with van der Waals surface area (Å²) >= 11 is 0. The van der Waals surface area contributed by atoms with Gasteiger partial charge in [-0.05, 0) is 38.6 Å². The first kappa shape index (κ1) is 19.2. The minimum absolute atomic E-state index is 0. The average Bonchev–Trinajstić information content (AvgIpc) is 2.37. The number of halogens is 1. The molecule has 118 valence electrons. The summed E-state index contributed by atoms with van der Waals surface area (Å²) in [5.74, 6) is -0.561. The summed E-state index contributed by atoms with van der Waals surface area (Å²) in [7, 11) is 1.32. The lowest BCUT2D eigenvalue weighted by molar-refractivity contribution is -0.149. The SMILES string of the molecule is COC(=O)C(C)(C)NC(=O)CC1(CN)CCCCC1.Cl. The summed E-state index contributed by atoms with van der Waals surface area (Å²) in [6, 6.07) is 0. The van der Waals surface area contributed by atoms with Gasteiger partial charge in [-0.15, -0.1) is 12.4 Å². The highest BCUT2D eigenvalue weighted by atomic mass is 35.5. The fourth-order valence-electron chi connectivity index (χ4n) is 2.79. The van der Waals surface area contributed by atoms with Crippen LogP contribution in [0.1, 0.15) is 52.4 Å². The molecule has 0 aliphatic heterocycles. The standard InChI is InChI=1S/C14H26N2O3.ClH/c1-13(2,12(18)19-3)16-11(17)9-14(10-15)7-5-4-6-8-14;/h4-10,15H2,1-3H3,(H,16,17);1H. The summed E-state index contributed by atoms with van der Waals surface area (Å²) in [4.78, 5) is 23.7. The number of ether oxygens (including phenoxy) is 1. The molecule has 0 heterocycles. The number of rotatable bonds is 5. The lowest BCUT2D eigenvalue weighted by atomic mass is 9.71. The molecular formula is C14H27ClN2O3. The van der Waals surface area contributed by atoms with Gasteiger partial charge in [0.1, 0.15) is 5.54 Å². The first-order valence-corrected chi connectivity index (χ1v) is 6.95. The summed E-state index contributed by atoms with van der Waals surface area (Å²) in [5.41, 5.74) is 4.79. The van der Waals surface area contributed by atoms with Crippen LogP contribution in [-0.2, 0) is 14.3 Å². The number of hydrogen-bond donors (Lipinski definition) is 2. The molecule has 5 nitrogen and oxygen atoms in total. The van der Waals surface area contributed by atoms with Crippen LogP contribution in [-0.4, -0.2) is 31.1 Å². The second-order valence-electron chi connectivity index (χ2n) is 6.11. The maximum absolute atomic E-state index is 12.1. The topological polar surface area (TPSA) is 81.4 Å². The first-order chi connectivity index (χ1) is 8.85. The molecule has 20 heavy (non-hydrogen) atoms. The molecule has 1 rings (SSSR count). The third kappa shape index (κ3) is 4.94. The minimum atomic E-state index is -0.990. The summed E-state index contributed by atoms with van der Waals surface area (Å²) in [6.45, 7) is 3.82. The molecule has 1 aliphatic carbocycles. The molecule has 3 N–H and O–H groups in total. The maximum Gasteiger partial charge on any atom is 0.330 e. The Bertz CT molecular complexity index is 339. The fraction of sp³-hybridized carbons (Fsp3) is 0.857. The third-order valence-electron chi connectivity index (χ3n) is 4.03. The molecule has 0 atom stereocenters. The van der Waals surface area contributed by atoms with Crippen molar-refractivity contribution in [1.29, 1.82) is 0 Å². The zero-order chi connectivity index (χ0) is 14.5. The van der Waals surface area contributed by atoms with Gasteiger partial charge in [0.2, 0.25) is 5.91 Å². The van der Waals surface area contributed by atoms with Crippen molar-refractivity contribution in [2.75, 3.05) is 13.7 Å². The van der Waals surface area contributed by atoms with Crippen LogP contribution in [0.3, 0.4) is 0 Å². The Balaban J connectivity index is 0.00000361. The Morgan fingerprint density at radius 2 is 1.80 bits per heavy atom. The number of hydrogen-bond acceptors (Lipinski definition) is 4. The Morgan fingerprint density at radius 1 is 1.25 bits per heavy atom. The Hall–Kier alpha value is -0.810. The van der Waals surface area contributed by atoms with E-state index in [-0.39, 0.29) is 23.7 Å². The van der Waals surface area contributed by atoms with E-state index < -0.39 is 11.5 Å². The van der Waals surface area contributed by atoms with Crippen molar-refractivity contribution < 1.29 is 14.3 Å². The summed E-state index contributed by atoms with van der Waals surface area (Å²) in [6.07, 6.45) is 5.86. The molecule has 0 spiro atoms. The molecular weight excluding hydrogens is 280 g/mol. The van der Waals surface area contributed by atoms with Crippen LogP contribution in [0.4, 0.5) is 0 Å². The zero-order valence-electron chi connectivity index (χ0n) is 12.7. The van der Waals surface area contributed by atoms with E-state index in [4.69, 9.17) is 5.73 Å². The fourth-order valence-corrected chi connectivity index (χ4v) is 2.79. The Labute approximate surface area is 127 Å². The van der Waals surface area contributed by atoms with Crippen LogP contribution >= 0.6 is 12.4 Å². The van der Waals surface area contributed by atoms with Crippen LogP contribution in [0.25, 0.3) is 0 Å². The normalized spacial score (nSPS) is 17.8. The monoisotopic (exact) mass is 306 g/mol. The molecule has 0 aromatic heterocycles. The number of nitrogens with one attached hydrogen (secondary N) is 1. The van der Waals surface area contributed by atoms with E-state index in [1.165, 1.54) is 13.5 Å². The van der Waals surface area contributed by atoms with Crippen molar-refractivity contribution in [1.82, 2.24) is 5.32 Å². The van der Waals surface area contributed by atoms with Crippen molar-refractivity contribution in [2.24, 2.45) is 11.1 Å². The van der Waals surface area contributed by atoms with Gasteiger partial charge >= 0.3 is 5.97 Å². The molecule has 6 heteroatoms. The van der Waals surface area contributed by atoms with Crippen molar-refractivity contribution in [2.45, 2.75) is 57.9 Å². The highest BCUT2D eigenvalue weighted by molar-refractivity contribution is 5.87. The van der Waals surface area contributed by atoms with Gasteiger partial charge in [-0.1, -0.05) is 19.3 Å². The van der Waals surface area contributed by atoms with Crippen LogP contribution in [0.2, 0.25) is 0 Å². The zero-order valence-corrected chi connectivity index (χ0v) is 13.5. The van der Waals surface area contributed by atoms with Gasteiger partial charge in [0, 0.05) is 6.42 Å². The van der Waals surface area contributed by atoms with E-state index in [1.807, 2.05) is 0 Å². The van der Waals surface area contributed by atoms with Gasteiger partial charge < -0.3 is 15.8 Å². The van der Waals surface area contributed by atoms with E-state index >= 15 is 0 Å². The Morgan fingerprint density at radius 3 is 2.25 bits per heavy atom. The van der Waals surface area contributed by atoms with Crippen LogP contribution in [0.15, 0.2) is 0 Å². The van der Waals surface area contributed by atoms with Crippen LogP contribution in [0, 0.1) is 5.41 Å². The minimum Gasteiger partial charge on any atom is -0.467 e. The van der Waals surface area contributed by atoms with E-state index in [9.17, 15) is 9.59 Å². The molecule has 0 radical (unpaired) electrons. The van der Waals surface area contributed by atoms with Crippen LogP contribution in [0.5, 0.6) is 0 Å². The second-order valence-corrected chi connectivity index (χ2v) is 6.11. The van der Waals surface area contributed by atoms with E-state index in [0.29, 0.717) is 13.0 Å². The van der Waals surface area contributed by atoms with Gasteiger partial charge in [-0.25, -0.2) is 4.79 Å². The Kier molecular flexibility index (Phi) is 7.52. The largest absolute Gasteiger partial charge is 0.467 e. The van der Waals surface area contributed by atoms with Crippen molar-refractivity contribution >= 4 is 24.3 Å². The second kappa shape index (κ2) is 7.84. The van der Waals surface area contributed by atoms with Gasteiger partial charge in [0.15, 0.2) is 0 Å². The predicted octanol–water partition coefficient (Wildman–Crippen LogP) is 1.78. The number of amides is 1. The molecule has 0 aromatic rings. The highest BCUT2D eigenvalue weighted by Crippen LogP contribution is 2.38. The molecule has 1 fully saturated rings. The van der Waals surface area contributed by atoms with Gasteiger partial charge in [0.05, 0.1) is 7.11 Å². The number of esters is 1. The quantitative estimate of drug-likeness (QED) is 0.759. The maximum atomic E-state index is 12.1. The van der Waals surface area contributed by atoms with Crippen molar-refractivity contribution in [3.05, 3.63) is 0 Å². The molecule has 0 aromatic carbocycles. The van der Waals surface area contributed by atoms with Gasteiger partial charge in [-0.3, -0.25) is 4.79 Å². The predicted molar refractivity (Wildman–Crippen MR) is 80.7 cm³/mol. The number of carbonyl (C=O) groups excluding carboxylic acids is 2. The molecule has 1 saturated carbocycles. The lowest BCUT2D eigenvalue weighted by Gasteiger charge is -2.36. The first-order valence-electron chi connectivity index (χ1n) is 6.95. The molecule has 0 saturated heterocycles. The van der Waals surface area contributed by atoms with Crippen LogP contribution < -0.4 is 11.1 Å². The number of methoxy groups -OCH3 is 1. The van der Waals surface area contributed by atoms with E-state index in [0.717, 1.165) is 25.7 Å². The highest BCUT2D eigenvalue weighted by Gasteiger charge is 2.36. The van der Waals surface area contributed by atoms with Gasteiger partial charge in [0.25, 0.3) is 0 Å². The third-order valence-corrected chi connectivity index (χ3v) is 4.03. The van der Waals surface area contributed by atoms with Crippen molar-refractivity contribution in [3.8, 4) is 0 Å². The summed E-state index contributed by atoms with van der Waals surface area (Å²) in [5, 5.41) is 2.74. The van der Waals surface area contributed by atoms with Gasteiger partial charge in [-0.2, -0.15) is 0 Å². The lowest BCUT2D eigenvalue weighted by Crippen LogP contribution is -2.52. The summed E-state index contributed by atoms with van der Waals surface area (Å²) < 4.78 is 4.68. The smallest absolute Gasteiger partial charge is 0.330 e. The van der Waals surface area contributed by atoms with E-state index in [2.05, 4.69) is 10.1 Å². The number of carbonyl (C=O) groups is 2. The molecule has 0 bridgehead atoms. The molecule has 0 unspecified atom stereocenters. The average molecular weight is 307 g/mol. The molecule has 1 aliphatic rings. The van der Waals surface area contributed by atoms with Crippen molar-refractivity contribution in [3.63, 3.8) is 0 Å².